The lowest BCUT2D eigenvalue weighted by molar-refractivity contribution is -0.133. The molecule has 2 aromatic rings. The highest BCUT2D eigenvalue weighted by molar-refractivity contribution is 5.94. The lowest BCUT2D eigenvalue weighted by Crippen LogP contribution is -2.42. The van der Waals surface area contributed by atoms with Crippen LogP contribution in [0.3, 0.4) is 0 Å². The number of nitrogens with one attached hydrogen (secondary N) is 1. The Bertz CT molecular complexity index is 861. The van der Waals surface area contributed by atoms with Gasteiger partial charge in [0.2, 0.25) is 5.91 Å². The molecular weight excluding hydrogens is 396 g/mol. The molecule has 0 bridgehead atoms. The van der Waals surface area contributed by atoms with Crippen molar-refractivity contribution in [2.24, 2.45) is 0 Å². The van der Waals surface area contributed by atoms with Crippen LogP contribution in [-0.4, -0.2) is 56.7 Å². The number of nitrogens with zero attached hydrogens (tertiary/aromatic N) is 1. The molecule has 0 aliphatic carbocycles. The molecule has 7 nitrogen and oxygen atoms in total. The molecule has 1 fully saturated rings. The Morgan fingerprint density at radius 3 is 2.42 bits per heavy atom. The number of ether oxygens (including phenoxy) is 3. The summed E-state index contributed by atoms with van der Waals surface area (Å²) in [5.41, 5.74) is 1.49. The summed E-state index contributed by atoms with van der Waals surface area (Å²) in [6.07, 6.45) is 2.07. The fourth-order valence-electron chi connectivity index (χ4n) is 3.57. The van der Waals surface area contributed by atoms with E-state index < -0.39 is 0 Å². The molecule has 0 saturated carbocycles. The van der Waals surface area contributed by atoms with E-state index in [-0.39, 0.29) is 17.9 Å². The van der Waals surface area contributed by atoms with Gasteiger partial charge in [-0.25, -0.2) is 0 Å². The van der Waals surface area contributed by atoms with E-state index in [9.17, 15) is 9.59 Å². The van der Waals surface area contributed by atoms with Crippen LogP contribution in [0.4, 0.5) is 0 Å². The van der Waals surface area contributed by atoms with Gasteiger partial charge in [-0.3, -0.25) is 9.59 Å². The predicted octanol–water partition coefficient (Wildman–Crippen LogP) is 3.03. The van der Waals surface area contributed by atoms with Crippen LogP contribution in [0.2, 0.25) is 0 Å². The first-order valence-corrected chi connectivity index (χ1v) is 10.5. The number of carbonyl (C=O) groups excluding carboxylic acids is 2. The van der Waals surface area contributed by atoms with E-state index in [1.807, 2.05) is 41.3 Å². The topological polar surface area (TPSA) is 77.1 Å². The third-order valence-electron chi connectivity index (χ3n) is 5.37. The molecule has 31 heavy (non-hydrogen) atoms. The average molecular weight is 427 g/mol. The first-order chi connectivity index (χ1) is 15.1. The van der Waals surface area contributed by atoms with Gasteiger partial charge in [0.1, 0.15) is 17.6 Å². The zero-order valence-electron chi connectivity index (χ0n) is 18.1. The molecule has 1 heterocycles. The number of carbonyl (C=O) groups is 2. The van der Waals surface area contributed by atoms with E-state index in [2.05, 4.69) is 5.32 Å². The highest BCUT2D eigenvalue weighted by Crippen LogP contribution is 2.21. The van der Waals surface area contributed by atoms with E-state index in [0.717, 1.165) is 29.9 Å². The number of benzene rings is 2. The lowest BCUT2D eigenvalue weighted by atomic mass is 10.1. The number of piperidine rings is 1. The minimum atomic E-state index is -0.152. The second kappa shape index (κ2) is 11.4. The van der Waals surface area contributed by atoms with Crippen LogP contribution in [0.15, 0.2) is 48.5 Å². The van der Waals surface area contributed by atoms with Crippen molar-refractivity contribution < 1.29 is 23.8 Å². The monoisotopic (exact) mass is 426 g/mol. The molecule has 2 amide bonds. The third kappa shape index (κ3) is 6.46. The van der Waals surface area contributed by atoms with Gasteiger partial charge in [0.15, 0.2) is 0 Å². The van der Waals surface area contributed by atoms with Crippen molar-refractivity contribution in [2.75, 3.05) is 33.9 Å². The number of likely N-dealkylation sites (tertiary alicyclic amines) is 1. The summed E-state index contributed by atoms with van der Waals surface area (Å²) in [5.74, 6) is 1.45. The van der Waals surface area contributed by atoms with Gasteiger partial charge in [0.25, 0.3) is 5.91 Å². The number of hydrogen-bond donors (Lipinski definition) is 1. The fraction of sp³-hybridized carbons (Fsp3) is 0.417. The predicted molar refractivity (Wildman–Crippen MR) is 117 cm³/mol. The number of amides is 2. The van der Waals surface area contributed by atoms with Gasteiger partial charge < -0.3 is 24.4 Å². The maximum absolute atomic E-state index is 12.5. The number of hydrogen-bond acceptors (Lipinski definition) is 5. The van der Waals surface area contributed by atoms with Crippen LogP contribution in [0.25, 0.3) is 0 Å². The second-order valence-electron chi connectivity index (χ2n) is 7.46. The van der Waals surface area contributed by atoms with E-state index in [0.29, 0.717) is 38.2 Å². The van der Waals surface area contributed by atoms with Crippen molar-refractivity contribution >= 4 is 11.8 Å². The van der Waals surface area contributed by atoms with Crippen LogP contribution in [0.5, 0.6) is 11.5 Å². The maximum atomic E-state index is 12.5. The summed E-state index contributed by atoms with van der Waals surface area (Å²) in [4.78, 5) is 26.4. The zero-order chi connectivity index (χ0) is 22.1. The average Bonchev–Trinajstić information content (AvgIpc) is 2.82. The molecule has 1 aliphatic heterocycles. The summed E-state index contributed by atoms with van der Waals surface area (Å²) in [6.45, 7) is 2.23. The molecule has 1 aliphatic rings. The molecule has 2 aromatic carbocycles. The Hall–Kier alpha value is -3.06. The maximum Gasteiger partial charge on any atom is 0.251 e. The molecule has 3 rings (SSSR count). The van der Waals surface area contributed by atoms with E-state index in [4.69, 9.17) is 14.2 Å². The highest BCUT2D eigenvalue weighted by atomic mass is 16.5. The van der Waals surface area contributed by atoms with Crippen molar-refractivity contribution in [1.29, 1.82) is 0 Å². The smallest absolute Gasteiger partial charge is 0.251 e. The van der Waals surface area contributed by atoms with Crippen molar-refractivity contribution in [2.45, 2.75) is 31.9 Å². The second-order valence-corrected chi connectivity index (χ2v) is 7.46. The molecule has 0 radical (unpaired) electrons. The summed E-state index contributed by atoms with van der Waals surface area (Å²) in [6, 6.07) is 14.7. The van der Waals surface area contributed by atoms with E-state index in [1.54, 1.807) is 26.4 Å². The van der Waals surface area contributed by atoms with Gasteiger partial charge in [-0.15, -0.1) is 0 Å². The summed E-state index contributed by atoms with van der Waals surface area (Å²) in [5, 5.41) is 2.91. The van der Waals surface area contributed by atoms with Crippen molar-refractivity contribution in [1.82, 2.24) is 10.2 Å². The van der Waals surface area contributed by atoms with Crippen molar-refractivity contribution in [3.63, 3.8) is 0 Å². The van der Waals surface area contributed by atoms with Crippen molar-refractivity contribution in [3.05, 3.63) is 59.7 Å². The van der Waals surface area contributed by atoms with Crippen molar-refractivity contribution in [3.8, 4) is 11.5 Å². The van der Waals surface area contributed by atoms with Crippen LogP contribution in [-0.2, 0) is 16.1 Å². The Labute approximate surface area is 183 Å². The first kappa shape index (κ1) is 22.6. The SMILES string of the molecule is COCCC(=O)N1CCC(Oc2ccc(C(=O)NCc3ccccc3OC)cc2)CC1. The van der Waals surface area contributed by atoms with Gasteiger partial charge >= 0.3 is 0 Å². The first-order valence-electron chi connectivity index (χ1n) is 10.5. The number of para-hydroxylation sites is 1. The van der Waals surface area contributed by atoms with E-state index in [1.165, 1.54) is 0 Å². The minimum absolute atomic E-state index is 0.0664. The Balaban J connectivity index is 1.46. The summed E-state index contributed by atoms with van der Waals surface area (Å²) in [7, 11) is 3.21. The van der Waals surface area contributed by atoms with E-state index >= 15 is 0 Å². The van der Waals surface area contributed by atoms with Crippen LogP contribution in [0.1, 0.15) is 35.2 Å². The highest BCUT2D eigenvalue weighted by Gasteiger charge is 2.23. The molecule has 0 atom stereocenters. The molecule has 1 N–H and O–H groups in total. The van der Waals surface area contributed by atoms with Gasteiger partial charge in [-0.1, -0.05) is 18.2 Å². The van der Waals surface area contributed by atoms with Crippen LogP contribution < -0.4 is 14.8 Å². The van der Waals surface area contributed by atoms with Gasteiger partial charge in [-0.05, 0) is 30.3 Å². The van der Waals surface area contributed by atoms with Gasteiger partial charge in [0, 0.05) is 50.7 Å². The summed E-state index contributed by atoms with van der Waals surface area (Å²) < 4.78 is 16.3. The standard InChI is InChI=1S/C24H30N2O5/c1-29-16-13-23(27)26-14-11-21(12-15-26)31-20-9-7-18(8-10-20)24(28)25-17-19-5-3-4-6-22(19)30-2/h3-10,21H,11-17H2,1-2H3,(H,25,28). The Morgan fingerprint density at radius 1 is 1.03 bits per heavy atom. The molecule has 0 unspecified atom stereocenters. The van der Waals surface area contributed by atoms with Gasteiger partial charge in [-0.2, -0.15) is 0 Å². The third-order valence-corrected chi connectivity index (χ3v) is 5.37. The van der Waals surface area contributed by atoms with Gasteiger partial charge in [0.05, 0.1) is 20.1 Å². The molecule has 166 valence electrons. The molecular formula is C24H30N2O5. The summed E-state index contributed by atoms with van der Waals surface area (Å²) >= 11 is 0. The lowest BCUT2D eigenvalue weighted by Gasteiger charge is -2.32. The number of methoxy groups -OCH3 is 2. The minimum Gasteiger partial charge on any atom is -0.496 e. The molecule has 0 aromatic heterocycles. The molecule has 0 spiro atoms. The van der Waals surface area contributed by atoms with Crippen LogP contribution in [0, 0.1) is 0 Å². The normalized spacial score (nSPS) is 14.2. The number of rotatable bonds is 9. The Kier molecular flexibility index (Phi) is 8.29. The fourth-order valence-corrected chi connectivity index (χ4v) is 3.57. The van der Waals surface area contributed by atoms with Crippen LogP contribution >= 0.6 is 0 Å². The zero-order valence-corrected chi connectivity index (χ0v) is 18.1. The Morgan fingerprint density at radius 2 is 1.74 bits per heavy atom. The molecule has 7 heteroatoms. The quantitative estimate of drug-likeness (QED) is 0.667. The molecule has 1 saturated heterocycles. The largest absolute Gasteiger partial charge is 0.496 e.